The third kappa shape index (κ3) is 3.47. The van der Waals surface area contributed by atoms with Crippen molar-refractivity contribution < 1.29 is 4.79 Å². The van der Waals surface area contributed by atoms with E-state index >= 15 is 0 Å². The van der Waals surface area contributed by atoms with Gasteiger partial charge in [0.05, 0.1) is 5.69 Å². The van der Waals surface area contributed by atoms with Crippen molar-refractivity contribution in [2.45, 2.75) is 51.1 Å². The minimum Gasteiger partial charge on any atom is -0.351 e. The molecule has 0 bridgehead atoms. The molecule has 9 heteroatoms. The van der Waals surface area contributed by atoms with Gasteiger partial charge in [0, 0.05) is 54.2 Å². The van der Waals surface area contributed by atoms with Crippen LogP contribution in [0, 0.1) is 0 Å². The second kappa shape index (κ2) is 7.08. The molecule has 0 atom stereocenters. The Balaban J connectivity index is 1.32. The minimum atomic E-state index is -0.119. The highest BCUT2D eigenvalue weighted by atomic mass is 16.1. The Morgan fingerprint density at radius 3 is 2.90 bits per heavy atom. The molecule has 0 radical (unpaired) electrons. The summed E-state index contributed by atoms with van der Waals surface area (Å²) in [5.41, 5.74) is 3.25. The number of fused-ring (bicyclic) bond motifs is 2. The molecule has 4 aromatic heterocycles. The van der Waals surface area contributed by atoms with Crippen LogP contribution < -0.4 is 10.6 Å². The smallest absolute Gasteiger partial charge is 0.224 e. The van der Waals surface area contributed by atoms with Crippen molar-refractivity contribution in [3.05, 3.63) is 36.9 Å². The Labute approximate surface area is 173 Å². The highest BCUT2D eigenvalue weighted by Gasteiger charge is 2.31. The van der Waals surface area contributed by atoms with E-state index in [1.807, 2.05) is 30.7 Å². The summed E-state index contributed by atoms with van der Waals surface area (Å²) in [6, 6.07) is 4.19. The fourth-order valence-electron chi connectivity index (χ4n) is 4.28. The molecule has 9 nitrogen and oxygen atoms in total. The molecule has 0 aliphatic heterocycles. The number of hydrogen-bond acceptors (Lipinski definition) is 6. The molecule has 0 unspecified atom stereocenters. The van der Waals surface area contributed by atoms with Crippen molar-refractivity contribution in [3.8, 4) is 11.3 Å². The zero-order chi connectivity index (χ0) is 20.7. The Kier molecular flexibility index (Phi) is 4.38. The number of anilines is 1. The first kappa shape index (κ1) is 18.5. The Hall–Kier alpha value is -3.49. The summed E-state index contributed by atoms with van der Waals surface area (Å²) in [4.78, 5) is 28.1. The molecule has 1 saturated carbocycles. The number of amides is 1. The number of nitrogens with zero attached hydrogens (tertiary/aromatic N) is 5. The van der Waals surface area contributed by atoms with Crippen molar-refractivity contribution in [3.63, 3.8) is 0 Å². The molecule has 1 fully saturated rings. The van der Waals surface area contributed by atoms with Gasteiger partial charge in [-0.15, -0.1) is 0 Å². The maximum atomic E-state index is 11.4. The topological polar surface area (TPSA) is 113 Å². The normalized spacial score (nSPS) is 21.7. The van der Waals surface area contributed by atoms with Crippen LogP contribution in [0.4, 0.5) is 5.95 Å². The van der Waals surface area contributed by atoms with Crippen LogP contribution in [0.3, 0.4) is 0 Å². The van der Waals surface area contributed by atoms with Crippen LogP contribution in [0.5, 0.6) is 0 Å². The predicted molar refractivity (Wildman–Crippen MR) is 114 cm³/mol. The van der Waals surface area contributed by atoms with E-state index in [0.717, 1.165) is 53.6 Å². The van der Waals surface area contributed by atoms with Crippen molar-refractivity contribution in [1.82, 2.24) is 34.9 Å². The lowest BCUT2D eigenvalue weighted by molar-refractivity contribution is -0.121. The van der Waals surface area contributed by atoms with Crippen molar-refractivity contribution in [1.29, 1.82) is 0 Å². The Morgan fingerprint density at radius 2 is 2.10 bits per heavy atom. The monoisotopic (exact) mass is 404 g/mol. The molecule has 0 aromatic carbocycles. The average molecular weight is 404 g/mol. The number of carbonyl (C=O) groups is 1. The first-order valence-electron chi connectivity index (χ1n) is 10.2. The first-order valence-corrected chi connectivity index (χ1v) is 10.2. The van der Waals surface area contributed by atoms with E-state index in [1.165, 1.54) is 0 Å². The van der Waals surface area contributed by atoms with E-state index in [2.05, 4.69) is 42.6 Å². The van der Waals surface area contributed by atoms with Crippen LogP contribution in [0.15, 0.2) is 36.9 Å². The summed E-state index contributed by atoms with van der Waals surface area (Å²) in [5, 5.41) is 12.1. The van der Waals surface area contributed by atoms with Gasteiger partial charge in [0.25, 0.3) is 0 Å². The van der Waals surface area contributed by atoms with Crippen molar-refractivity contribution in [2.75, 3.05) is 5.32 Å². The van der Waals surface area contributed by atoms with Gasteiger partial charge in [0.2, 0.25) is 11.9 Å². The SMILES string of the molecule is CC(=O)NC1(C)CCC(Nc2ncc3c(-c4ccc5nccn5n4)c[nH]c3n2)CC1. The number of imidazole rings is 1. The summed E-state index contributed by atoms with van der Waals surface area (Å²) in [6.45, 7) is 3.69. The zero-order valence-corrected chi connectivity index (χ0v) is 17.0. The molecule has 3 N–H and O–H groups in total. The summed E-state index contributed by atoms with van der Waals surface area (Å²) >= 11 is 0. The first-order chi connectivity index (χ1) is 14.5. The molecule has 30 heavy (non-hydrogen) atoms. The summed E-state index contributed by atoms with van der Waals surface area (Å²) in [6.07, 6.45) is 11.1. The quantitative estimate of drug-likeness (QED) is 0.482. The lowest BCUT2D eigenvalue weighted by Gasteiger charge is -2.38. The van der Waals surface area contributed by atoms with Crippen LogP contribution in [-0.4, -0.2) is 47.0 Å². The molecule has 0 spiro atoms. The van der Waals surface area contributed by atoms with E-state index < -0.39 is 0 Å². The molecule has 1 amide bonds. The number of nitrogens with one attached hydrogen (secondary N) is 3. The lowest BCUT2D eigenvalue weighted by Crippen LogP contribution is -2.49. The number of H-pyrrole nitrogens is 1. The van der Waals surface area contributed by atoms with E-state index in [1.54, 1.807) is 17.6 Å². The summed E-state index contributed by atoms with van der Waals surface area (Å²) in [5.74, 6) is 0.643. The van der Waals surface area contributed by atoms with Gasteiger partial charge in [-0.25, -0.2) is 14.5 Å². The Morgan fingerprint density at radius 1 is 1.27 bits per heavy atom. The van der Waals surface area contributed by atoms with Gasteiger partial charge in [-0.05, 0) is 44.7 Å². The highest BCUT2D eigenvalue weighted by Crippen LogP contribution is 2.30. The number of rotatable bonds is 4. The molecule has 4 aromatic rings. The molecular weight excluding hydrogens is 380 g/mol. The average Bonchev–Trinajstić information content (AvgIpc) is 3.35. The van der Waals surface area contributed by atoms with E-state index in [0.29, 0.717) is 12.0 Å². The van der Waals surface area contributed by atoms with Crippen molar-refractivity contribution in [2.24, 2.45) is 0 Å². The van der Waals surface area contributed by atoms with Crippen LogP contribution in [-0.2, 0) is 4.79 Å². The van der Waals surface area contributed by atoms with E-state index in [-0.39, 0.29) is 11.4 Å². The number of aromatic nitrogens is 6. The van der Waals surface area contributed by atoms with Crippen LogP contribution >= 0.6 is 0 Å². The van der Waals surface area contributed by atoms with Crippen LogP contribution in [0.1, 0.15) is 39.5 Å². The summed E-state index contributed by atoms with van der Waals surface area (Å²) in [7, 11) is 0. The molecule has 4 heterocycles. The number of carbonyl (C=O) groups excluding carboxylic acids is 1. The van der Waals surface area contributed by atoms with E-state index in [9.17, 15) is 4.79 Å². The van der Waals surface area contributed by atoms with Gasteiger partial charge in [0.15, 0.2) is 5.65 Å². The number of hydrogen-bond donors (Lipinski definition) is 3. The van der Waals surface area contributed by atoms with Gasteiger partial charge in [0.1, 0.15) is 5.65 Å². The molecule has 1 aliphatic rings. The fraction of sp³-hybridized carbons (Fsp3) is 0.381. The number of aromatic amines is 1. The standard InChI is InChI=1S/C21H24N8O/c1-13(30)27-21(2)7-5-14(6-8-21)25-20-24-12-16-15(11-23-19(16)26-20)17-3-4-18-22-9-10-29(18)28-17/h3-4,9-12,14H,5-8H2,1-2H3,(H,27,30)(H2,23,24,25,26). The van der Waals surface area contributed by atoms with Crippen LogP contribution in [0.25, 0.3) is 27.9 Å². The molecule has 1 aliphatic carbocycles. The summed E-state index contributed by atoms with van der Waals surface area (Å²) < 4.78 is 1.75. The maximum Gasteiger partial charge on any atom is 0.224 e. The van der Waals surface area contributed by atoms with E-state index in [4.69, 9.17) is 0 Å². The third-order valence-corrected chi connectivity index (χ3v) is 5.86. The molecular formula is C21H24N8O. The fourth-order valence-corrected chi connectivity index (χ4v) is 4.28. The largest absolute Gasteiger partial charge is 0.351 e. The molecule has 0 saturated heterocycles. The molecule has 154 valence electrons. The van der Waals surface area contributed by atoms with Gasteiger partial charge >= 0.3 is 0 Å². The second-order valence-electron chi connectivity index (χ2n) is 8.27. The zero-order valence-electron chi connectivity index (χ0n) is 17.0. The second-order valence-corrected chi connectivity index (χ2v) is 8.27. The van der Waals surface area contributed by atoms with Gasteiger partial charge in [-0.2, -0.15) is 10.1 Å². The predicted octanol–water partition coefficient (Wildman–Crippen LogP) is 2.92. The Bertz CT molecular complexity index is 1220. The van der Waals surface area contributed by atoms with Gasteiger partial charge in [-0.3, -0.25) is 4.79 Å². The van der Waals surface area contributed by atoms with Gasteiger partial charge in [-0.1, -0.05) is 0 Å². The maximum absolute atomic E-state index is 11.4. The lowest BCUT2D eigenvalue weighted by atomic mass is 9.81. The van der Waals surface area contributed by atoms with Crippen molar-refractivity contribution >= 4 is 28.5 Å². The highest BCUT2D eigenvalue weighted by molar-refractivity contribution is 5.92. The van der Waals surface area contributed by atoms with Crippen LogP contribution in [0.2, 0.25) is 0 Å². The minimum absolute atomic E-state index is 0.0296. The van der Waals surface area contributed by atoms with Gasteiger partial charge < -0.3 is 15.6 Å². The molecule has 5 rings (SSSR count). The third-order valence-electron chi connectivity index (χ3n) is 5.86.